The van der Waals surface area contributed by atoms with Crippen molar-refractivity contribution in [3.63, 3.8) is 0 Å². The van der Waals surface area contributed by atoms with Crippen LogP contribution in [-0.4, -0.2) is 12.6 Å². The van der Waals surface area contributed by atoms with Crippen LogP contribution in [0, 0.1) is 75.1 Å². The molecule has 0 aliphatic carbocycles. The molecule has 0 amide bonds. The molecule has 6 nitrogen and oxygen atoms in total. The van der Waals surface area contributed by atoms with Gasteiger partial charge in [-0.15, -0.1) is 6.42 Å². The fourth-order valence-corrected chi connectivity index (χ4v) is 0.594. The van der Waals surface area contributed by atoms with Crippen molar-refractivity contribution in [1.29, 1.82) is 0 Å². The molecule has 0 saturated heterocycles. The van der Waals surface area contributed by atoms with E-state index in [9.17, 15) is 9.59 Å². The number of hydrogen-bond acceptors (Lipinski definition) is 2. The molecule has 0 radical (unpaired) electrons. The molecule has 0 unspecified atom stereocenters. The summed E-state index contributed by atoms with van der Waals surface area (Å²) >= 11 is 0. The van der Waals surface area contributed by atoms with E-state index < -0.39 is 0 Å². The third-order valence-corrected chi connectivity index (χ3v) is 1.26. The zero-order valence-electron chi connectivity index (χ0n) is 13.4. The average Bonchev–Trinajstić information content (AvgIpc) is 3.47. The summed E-state index contributed by atoms with van der Waals surface area (Å²) < 4.78 is 30.0. The Morgan fingerprint density at radius 1 is 0.593 bits per heavy atom. The van der Waals surface area contributed by atoms with Crippen LogP contribution >= 0.6 is 0 Å². The minimum atomic E-state index is 0. The van der Waals surface area contributed by atoms with E-state index in [1.807, 2.05) is 0 Å². The first-order chi connectivity index (χ1) is 12.4. The predicted octanol–water partition coefficient (Wildman–Crippen LogP) is 1.43. The van der Waals surface area contributed by atoms with Gasteiger partial charge in [0.05, 0.1) is 0 Å². The van der Waals surface area contributed by atoms with Crippen LogP contribution in [0.3, 0.4) is 0 Å². The van der Waals surface area contributed by atoms with E-state index in [-0.39, 0.29) is 34.1 Å². The molecule has 0 bridgehead atoms. The Bertz CT molecular complexity index is 393. The van der Waals surface area contributed by atoms with Crippen LogP contribution in [0.25, 0.3) is 0 Å². The van der Waals surface area contributed by atoms with Crippen molar-refractivity contribution in [2.75, 3.05) is 0 Å². The summed E-state index contributed by atoms with van der Waals surface area (Å²) in [6.07, 6.45) is 4.65. The van der Waals surface area contributed by atoms with Gasteiger partial charge in [0, 0.05) is 34.1 Å². The maximum absolute atomic E-state index is 9.42. The third-order valence-electron chi connectivity index (χ3n) is 1.26. The van der Waals surface area contributed by atoms with E-state index in [2.05, 4.69) is 75.1 Å². The molecular weight excluding hydrogens is 436 g/mol. The molecule has 0 saturated carbocycles. The summed E-state index contributed by atoms with van der Waals surface area (Å²) in [5.41, 5.74) is 0. The second-order valence-corrected chi connectivity index (χ2v) is 2.51. The van der Waals surface area contributed by atoms with E-state index in [1.165, 1.54) is 0 Å². The fourth-order valence-electron chi connectivity index (χ4n) is 0.594. The van der Waals surface area contributed by atoms with Gasteiger partial charge in [-0.25, -0.2) is 0 Å². The molecule has 0 aliphatic heterocycles. The monoisotopic (exact) mass is 444 g/mol. The van der Waals surface area contributed by atoms with E-state index in [4.69, 9.17) is 18.6 Å². The molecule has 0 heterocycles. The molecule has 2 aromatic rings. The molecule has 0 N–H and O–H groups in total. The number of rotatable bonds is 4. The summed E-state index contributed by atoms with van der Waals surface area (Å²) in [6.45, 7) is 18.0. The summed E-state index contributed by atoms with van der Waals surface area (Å²) in [6, 6.07) is 24.0. The first kappa shape index (κ1) is 44.5. The summed E-state index contributed by atoms with van der Waals surface area (Å²) in [5.74, 6) is 0. The van der Waals surface area contributed by atoms with Crippen LogP contribution < -0.4 is 0 Å². The van der Waals surface area contributed by atoms with Crippen LogP contribution in [0.4, 0.5) is 0 Å². The number of unbranched alkanes of at least 4 members (excludes halogenated alkanes) is 2. The Balaban J connectivity index is -0.0000000366. The Kier molecular flexibility index (Phi) is 124. The van der Waals surface area contributed by atoms with Crippen molar-refractivity contribution >= 4 is 12.6 Å². The van der Waals surface area contributed by atoms with Gasteiger partial charge in [-0.05, 0) is 0 Å². The van der Waals surface area contributed by atoms with Gasteiger partial charge >= 0.3 is 45.2 Å². The Morgan fingerprint density at radius 3 is 0.926 bits per heavy atom. The van der Waals surface area contributed by atoms with Crippen LogP contribution in [0.1, 0.15) is 19.3 Å². The second kappa shape index (κ2) is 75.1. The maximum atomic E-state index is 9.42. The van der Waals surface area contributed by atoms with Gasteiger partial charge < -0.3 is 70.3 Å². The van der Waals surface area contributed by atoms with Gasteiger partial charge in [-0.2, -0.15) is 12.8 Å². The molecule has 2 aromatic carbocycles. The summed E-state index contributed by atoms with van der Waals surface area (Å²) in [7, 11) is 0. The van der Waals surface area contributed by atoms with Crippen LogP contribution in [0.15, 0.2) is 12.1 Å². The van der Waals surface area contributed by atoms with Crippen molar-refractivity contribution in [2.45, 2.75) is 19.3 Å². The first-order valence-electron chi connectivity index (χ1n) is 5.59. The molecular formula is C19H8Fe2O6-12. The smallest absolute Gasteiger partial charge is 0 e. The SMILES string of the molecule is O=[C-]CCC[C-]=O.[C-]#[O+].[C-]#[O+].[C-]#[O+].[C-]#[O+].[Fe].[Fe].[c-]1[c-][c-][cH-][c-]1.[c-]1[c-][c-][cH-][c-]1. The predicted molar refractivity (Wildman–Crippen MR) is 75.7 cm³/mol. The number of carbonyl (C=O) groups excluding carboxylic acids is 2. The van der Waals surface area contributed by atoms with Gasteiger partial charge in [0.1, 0.15) is 0 Å². The number of hydrogen-bond donors (Lipinski definition) is 0. The maximum Gasteiger partial charge on any atom is 0 e. The average molecular weight is 444 g/mol. The summed E-state index contributed by atoms with van der Waals surface area (Å²) in [5, 5.41) is 0. The molecule has 0 aliphatic rings. The van der Waals surface area contributed by atoms with Gasteiger partial charge in [0.15, 0.2) is 0 Å². The van der Waals surface area contributed by atoms with Crippen molar-refractivity contribution in [3.8, 4) is 0 Å². The molecule has 148 valence electrons. The quantitative estimate of drug-likeness (QED) is 0.308. The molecule has 8 heteroatoms. The Hall–Kier alpha value is -1.96. The zero-order chi connectivity index (χ0) is 20.6. The zero-order valence-corrected chi connectivity index (χ0v) is 15.6. The van der Waals surface area contributed by atoms with E-state index >= 15 is 0 Å². The third kappa shape index (κ3) is 80.6. The molecule has 0 atom stereocenters. The molecule has 0 spiro atoms. The summed E-state index contributed by atoms with van der Waals surface area (Å²) in [4.78, 5) is 18.8. The van der Waals surface area contributed by atoms with Crippen molar-refractivity contribution in [3.05, 3.63) is 87.3 Å². The van der Waals surface area contributed by atoms with E-state index in [0.29, 0.717) is 19.3 Å². The van der Waals surface area contributed by atoms with Crippen LogP contribution in [-0.2, 0) is 62.3 Å². The standard InChI is InChI=1S/C5H6O2.2C5H.4CO.2Fe/c6-4-2-1-3-5-7;2*1-2-4-5-3-1;4*1-2;;/h1-3H2;2*1H;;;;;;/q-2;2*-5;;;;;;. The first-order valence-corrected chi connectivity index (χ1v) is 5.59. The van der Waals surface area contributed by atoms with Crippen LogP contribution in [0.2, 0.25) is 0 Å². The minimum absolute atomic E-state index is 0. The fraction of sp³-hybridized carbons (Fsp3) is 0.158. The van der Waals surface area contributed by atoms with Crippen LogP contribution in [0.5, 0.6) is 0 Å². The molecule has 2 rings (SSSR count). The van der Waals surface area contributed by atoms with Crippen molar-refractivity contribution < 1.29 is 62.3 Å². The van der Waals surface area contributed by atoms with Gasteiger partial charge in [-0.3, -0.25) is 12.6 Å². The molecule has 0 aromatic heterocycles. The normalized spacial score (nSPS) is 5.33. The van der Waals surface area contributed by atoms with Crippen molar-refractivity contribution in [2.24, 2.45) is 0 Å². The topological polar surface area (TPSA) is 114 Å². The minimum Gasteiger partial charge on any atom is -0.999 e. The van der Waals surface area contributed by atoms with Crippen molar-refractivity contribution in [1.82, 2.24) is 0 Å². The largest absolute Gasteiger partial charge is 0.999 e. The van der Waals surface area contributed by atoms with Gasteiger partial charge in [-0.1, -0.05) is 0 Å². The Morgan fingerprint density at radius 2 is 0.815 bits per heavy atom. The van der Waals surface area contributed by atoms with Gasteiger partial charge in [0.2, 0.25) is 0 Å². The van der Waals surface area contributed by atoms with E-state index in [1.54, 1.807) is 24.7 Å². The molecule has 0 fully saturated rings. The molecule has 27 heavy (non-hydrogen) atoms. The Labute approximate surface area is 181 Å². The van der Waals surface area contributed by atoms with Gasteiger partial charge in [0.25, 0.3) is 0 Å². The second-order valence-electron chi connectivity index (χ2n) is 2.51. The van der Waals surface area contributed by atoms with E-state index in [0.717, 1.165) is 0 Å².